The zero-order chi connectivity index (χ0) is 20.8. The van der Waals surface area contributed by atoms with Crippen LogP contribution in [0.3, 0.4) is 0 Å². The maximum Gasteiger partial charge on any atom is 0.341 e. The van der Waals surface area contributed by atoms with Gasteiger partial charge < -0.3 is 15.4 Å². The van der Waals surface area contributed by atoms with Gasteiger partial charge in [0.15, 0.2) is 0 Å². The van der Waals surface area contributed by atoms with Gasteiger partial charge in [-0.15, -0.1) is 0 Å². The summed E-state index contributed by atoms with van der Waals surface area (Å²) >= 11 is 12.5. The number of carboxylic acid groups (broad SMARTS) is 1. The average Bonchev–Trinajstić information content (AvgIpc) is 3.51. The first-order chi connectivity index (χ1) is 13.8. The fourth-order valence-electron chi connectivity index (χ4n) is 3.44. The third-order valence-corrected chi connectivity index (χ3v) is 6.01. The van der Waals surface area contributed by atoms with Crippen molar-refractivity contribution in [3.05, 3.63) is 73.7 Å². The number of nitrogens with one attached hydrogen (secondary N) is 2. The third kappa shape index (κ3) is 3.36. The fraction of sp³-hybridized carbons (Fsp3) is 0.200. The number of carbonyl (C=O) groups excluding carboxylic acids is 1. The molecule has 2 aromatic heterocycles. The van der Waals surface area contributed by atoms with Gasteiger partial charge in [-0.1, -0.05) is 29.3 Å². The van der Waals surface area contributed by atoms with Crippen LogP contribution in [-0.4, -0.2) is 27.0 Å². The Hall–Kier alpha value is -2.90. The molecule has 2 heterocycles. The van der Waals surface area contributed by atoms with Crippen molar-refractivity contribution in [2.45, 2.75) is 24.8 Å². The van der Waals surface area contributed by atoms with Crippen molar-refractivity contribution >= 4 is 46.0 Å². The van der Waals surface area contributed by atoms with Crippen LogP contribution in [0.2, 0.25) is 10.0 Å². The summed E-state index contributed by atoms with van der Waals surface area (Å²) in [4.78, 5) is 42.8. The molecule has 1 aliphatic carbocycles. The minimum atomic E-state index is -1.35. The summed E-state index contributed by atoms with van der Waals surface area (Å²) in [5.74, 6) is -1.51. The molecular formula is C20H15Cl2N3O4. The van der Waals surface area contributed by atoms with E-state index < -0.39 is 22.5 Å². The Balaban J connectivity index is 1.68. The van der Waals surface area contributed by atoms with Gasteiger partial charge in [-0.05, 0) is 36.6 Å². The van der Waals surface area contributed by atoms with Gasteiger partial charge in [-0.3, -0.25) is 14.6 Å². The summed E-state index contributed by atoms with van der Waals surface area (Å²) in [6.07, 6.45) is 4.76. The molecule has 1 fully saturated rings. The van der Waals surface area contributed by atoms with Gasteiger partial charge >= 0.3 is 5.97 Å². The minimum Gasteiger partial charge on any atom is -0.477 e. The highest BCUT2D eigenvalue weighted by Crippen LogP contribution is 2.48. The second-order valence-corrected chi connectivity index (χ2v) is 7.72. The SMILES string of the molecule is O=C(O)c1cc2cc(Cl)c(Cl)c(CNC(=O)C3(c4cccnc4)CC3)c2[nH]c1=O. The molecule has 9 heteroatoms. The predicted octanol–water partition coefficient (Wildman–Crippen LogP) is 3.28. The summed E-state index contributed by atoms with van der Waals surface area (Å²) in [6.45, 7) is 0.0269. The number of aromatic nitrogens is 2. The Morgan fingerprint density at radius 2 is 2.03 bits per heavy atom. The minimum absolute atomic E-state index is 0.0269. The van der Waals surface area contributed by atoms with Gasteiger partial charge in [-0.2, -0.15) is 0 Å². The average molecular weight is 432 g/mol. The molecular weight excluding hydrogens is 417 g/mol. The number of aromatic amines is 1. The molecule has 3 N–H and O–H groups in total. The molecule has 1 amide bonds. The van der Waals surface area contributed by atoms with Crippen LogP contribution in [-0.2, 0) is 16.8 Å². The Bertz CT molecular complexity index is 1200. The summed E-state index contributed by atoms with van der Waals surface area (Å²) in [7, 11) is 0. The van der Waals surface area contributed by atoms with Gasteiger partial charge in [0.2, 0.25) is 5.91 Å². The smallest absolute Gasteiger partial charge is 0.341 e. The molecule has 0 saturated heterocycles. The van der Waals surface area contributed by atoms with Crippen LogP contribution in [0.25, 0.3) is 10.9 Å². The summed E-state index contributed by atoms with van der Waals surface area (Å²) in [5, 5.41) is 12.8. The number of rotatable bonds is 5. The van der Waals surface area contributed by atoms with Crippen molar-refractivity contribution in [2.75, 3.05) is 0 Å². The molecule has 29 heavy (non-hydrogen) atoms. The van der Waals surface area contributed by atoms with E-state index in [0.29, 0.717) is 29.3 Å². The van der Waals surface area contributed by atoms with Crippen LogP contribution in [0.5, 0.6) is 0 Å². The highest BCUT2D eigenvalue weighted by atomic mass is 35.5. The highest BCUT2D eigenvalue weighted by Gasteiger charge is 2.51. The molecule has 0 unspecified atom stereocenters. The Morgan fingerprint density at radius 1 is 1.28 bits per heavy atom. The van der Waals surface area contributed by atoms with Gasteiger partial charge in [0.05, 0.1) is 21.0 Å². The quantitative estimate of drug-likeness (QED) is 0.573. The van der Waals surface area contributed by atoms with Gasteiger partial charge in [-0.25, -0.2) is 4.79 Å². The number of hydrogen-bond acceptors (Lipinski definition) is 4. The lowest BCUT2D eigenvalue weighted by atomic mass is 9.96. The molecule has 3 aromatic rings. The Labute approximate surface area is 174 Å². The predicted molar refractivity (Wildman–Crippen MR) is 109 cm³/mol. The number of H-pyrrole nitrogens is 1. The van der Waals surface area contributed by atoms with E-state index in [9.17, 15) is 14.4 Å². The second-order valence-electron chi connectivity index (χ2n) is 6.94. The van der Waals surface area contributed by atoms with E-state index >= 15 is 0 Å². The van der Waals surface area contributed by atoms with E-state index in [0.717, 1.165) is 5.56 Å². The Kier molecular flexibility index (Phi) is 4.80. The van der Waals surface area contributed by atoms with Crippen molar-refractivity contribution < 1.29 is 14.7 Å². The standard InChI is InChI=1S/C20H15Cl2N3O4/c21-14-7-10-6-12(18(27)28)17(26)25-16(10)13(15(14)22)9-24-19(29)20(3-4-20)11-2-1-5-23-8-11/h1-2,5-8H,3-4,9H2,(H,24,29)(H,25,26)(H,27,28). The maximum atomic E-state index is 12.9. The molecule has 0 spiro atoms. The summed E-state index contributed by atoms with van der Waals surface area (Å²) < 4.78 is 0. The first-order valence-corrected chi connectivity index (χ1v) is 9.55. The first-order valence-electron chi connectivity index (χ1n) is 8.79. The van der Waals surface area contributed by atoms with E-state index in [2.05, 4.69) is 15.3 Å². The molecule has 1 aliphatic rings. The van der Waals surface area contributed by atoms with Crippen LogP contribution in [0.1, 0.15) is 34.3 Å². The lowest BCUT2D eigenvalue weighted by Crippen LogP contribution is -2.34. The summed E-state index contributed by atoms with van der Waals surface area (Å²) in [6, 6.07) is 6.37. The third-order valence-electron chi connectivity index (χ3n) is 5.19. The topological polar surface area (TPSA) is 112 Å². The van der Waals surface area contributed by atoms with Crippen LogP contribution in [0, 0.1) is 0 Å². The van der Waals surface area contributed by atoms with Gasteiger partial charge in [0, 0.05) is 29.9 Å². The van der Waals surface area contributed by atoms with Crippen molar-refractivity contribution in [3.8, 4) is 0 Å². The van der Waals surface area contributed by atoms with Crippen molar-refractivity contribution in [3.63, 3.8) is 0 Å². The molecule has 0 atom stereocenters. The van der Waals surface area contributed by atoms with Crippen LogP contribution >= 0.6 is 23.2 Å². The van der Waals surface area contributed by atoms with Crippen molar-refractivity contribution in [1.82, 2.24) is 15.3 Å². The number of pyridine rings is 2. The lowest BCUT2D eigenvalue weighted by Gasteiger charge is -2.17. The molecule has 0 radical (unpaired) electrons. The highest BCUT2D eigenvalue weighted by molar-refractivity contribution is 6.43. The maximum absolute atomic E-state index is 12.9. The van der Waals surface area contributed by atoms with Gasteiger partial charge in [0.25, 0.3) is 5.56 Å². The largest absolute Gasteiger partial charge is 0.477 e. The number of carbonyl (C=O) groups is 2. The number of amides is 1. The number of nitrogens with zero attached hydrogens (tertiary/aromatic N) is 1. The second kappa shape index (κ2) is 7.17. The molecule has 7 nitrogen and oxygen atoms in total. The summed E-state index contributed by atoms with van der Waals surface area (Å²) in [5.41, 5.74) is -0.179. The monoisotopic (exact) mass is 431 g/mol. The zero-order valence-electron chi connectivity index (χ0n) is 15.0. The van der Waals surface area contributed by atoms with Crippen LogP contribution < -0.4 is 10.9 Å². The Morgan fingerprint density at radius 3 is 2.66 bits per heavy atom. The van der Waals surface area contributed by atoms with Crippen LogP contribution in [0.4, 0.5) is 0 Å². The number of aromatic carboxylic acids is 1. The van der Waals surface area contributed by atoms with E-state index in [1.165, 1.54) is 12.1 Å². The fourth-order valence-corrected chi connectivity index (χ4v) is 3.89. The lowest BCUT2D eigenvalue weighted by molar-refractivity contribution is -0.123. The van der Waals surface area contributed by atoms with Crippen molar-refractivity contribution in [1.29, 1.82) is 0 Å². The molecule has 1 saturated carbocycles. The molecule has 0 bridgehead atoms. The molecule has 148 valence electrons. The molecule has 0 aliphatic heterocycles. The number of halogens is 2. The number of hydrogen-bond donors (Lipinski definition) is 3. The number of carboxylic acids is 1. The van der Waals surface area contributed by atoms with E-state index in [1.807, 2.05) is 6.07 Å². The van der Waals surface area contributed by atoms with E-state index in [4.69, 9.17) is 28.3 Å². The van der Waals surface area contributed by atoms with E-state index in [1.54, 1.807) is 18.5 Å². The molecule has 4 rings (SSSR count). The number of benzene rings is 1. The van der Waals surface area contributed by atoms with Gasteiger partial charge in [0.1, 0.15) is 5.56 Å². The first kappa shape index (κ1) is 19.4. The van der Waals surface area contributed by atoms with Crippen molar-refractivity contribution in [2.24, 2.45) is 0 Å². The zero-order valence-corrected chi connectivity index (χ0v) is 16.5. The normalized spacial score (nSPS) is 14.6. The molecule has 1 aromatic carbocycles. The van der Waals surface area contributed by atoms with E-state index in [-0.39, 0.29) is 22.5 Å². The number of fused-ring (bicyclic) bond motifs is 1. The van der Waals surface area contributed by atoms with Crippen LogP contribution in [0.15, 0.2) is 41.5 Å².